The number of nitrogens with zero attached hydrogens (tertiary/aromatic N) is 1. The normalized spacial score (nSPS) is 15.0. The van der Waals surface area contributed by atoms with E-state index in [9.17, 15) is 19.6 Å². The molecule has 0 aliphatic heterocycles. The molecule has 1 aliphatic rings. The Balaban J connectivity index is 1.82. The van der Waals surface area contributed by atoms with Gasteiger partial charge in [0.2, 0.25) is 0 Å². The van der Waals surface area contributed by atoms with Crippen molar-refractivity contribution < 1.29 is 28.6 Å². The Morgan fingerprint density at radius 2 is 1.96 bits per heavy atom. The highest BCUT2D eigenvalue weighted by Gasteiger charge is 2.43. The van der Waals surface area contributed by atoms with E-state index < -0.39 is 30.6 Å². The molecule has 0 radical (unpaired) electrons. The summed E-state index contributed by atoms with van der Waals surface area (Å²) in [6.07, 6.45) is 1.78. The second kappa shape index (κ2) is 8.54. The fourth-order valence-corrected chi connectivity index (χ4v) is 2.54. The first-order valence-electron chi connectivity index (χ1n) is 8.48. The Bertz CT molecular complexity index is 781. The molecule has 0 heterocycles. The number of esters is 1. The Morgan fingerprint density at radius 1 is 1.26 bits per heavy atom. The summed E-state index contributed by atoms with van der Waals surface area (Å²) in [5, 5.41) is 11.8. The number of amides is 1. The van der Waals surface area contributed by atoms with Crippen molar-refractivity contribution in [1.29, 1.82) is 5.26 Å². The van der Waals surface area contributed by atoms with Crippen LogP contribution in [0.5, 0.6) is 11.5 Å². The summed E-state index contributed by atoms with van der Waals surface area (Å²) < 4.78 is 15.3. The molecule has 27 heavy (non-hydrogen) atoms. The van der Waals surface area contributed by atoms with Crippen molar-refractivity contribution in [2.45, 2.75) is 32.2 Å². The Hall–Kier alpha value is -3.08. The second-order valence-electron chi connectivity index (χ2n) is 6.51. The van der Waals surface area contributed by atoms with E-state index in [4.69, 9.17) is 14.2 Å². The minimum Gasteiger partial charge on any atom is -0.493 e. The number of ether oxygens (including phenoxy) is 3. The average molecular weight is 374 g/mol. The van der Waals surface area contributed by atoms with E-state index in [-0.39, 0.29) is 17.5 Å². The minimum atomic E-state index is -0.939. The molecule has 0 aromatic heterocycles. The topological polar surface area (TPSA) is 115 Å². The van der Waals surface area contributed by atoms with Crippen molar-refractivity contribution in [2.24, 2.45) is 5.92 Å². The van der Waals surface area contributed by atoms with Gasteiger partial charge in [-0.2, -0.15) is 5.26 Å². The van der Waals surface area contributed by atoms with Crippen molar-refractivity contribution in [3.05, 3.63) is 23.8 Å². The molecule has 1 amide bonds. The maximum Gasteiger partial charge on any atom is 0.344 e. The summed E-state index contributed by atoms with van der Waals surface area (Å²) in [6, 6.07) is 6.68. The van der Waals surface area contributed by atoms with Crippen molar-refractivity contribution >= 4 is 17.7 Å². The number of rotatable bonds is 9. The zero-order chi connectivity index (χ0) is 20.0. The van der Waals surface area contributed by atoms with Gasteiger partial charge in [-0.1, -0.05) is 0 Å². The number of benzene rings is 1. The highest BCUT2D eigenvalue weighted by molar-refractivity contribution is 5.94. The number of nitriles is 1. The van der Waals surface area contributed by atoms with Crippen LogP contribution in [-0.2, 0) is 14.3 Å². The first kappa shape index (κ1) is 20.2. The summed E-state index contributed by atoms with van der Waals surface area (Å²) in [7, 11) is 1.42. The number of ketones is 1. The fourth-order valence-electron chi connectivity index (χ4n) is 2.54. The predicted octanol–water partition coefficient (Wildman–Crippen LogP) is 1.63. The lowest BCUT2D eigenvalue weighted by Gasteiger charge is -2.22. The molecule has 2 rings (SSSR count). The zero-order valence-corrected chi connectivity index (χ0v) is 15.5. The van der Waals surface area contributed by atoms with Gasteiger partial charge in [-0.25, -0.2) is 4.79 Å². The summed E-state index contributed by atoms with van der Waals surface area (Å²) in [4.78, 5) is 35.1. The van der Waals surface area contributed by atoms with Gasteiger partial charge < -0.3 is 19.5 Å². The predicted molar refractivity (Wildman–Crippen MR) is 94.3 cm³/mol. The molecule has 0 bridgehead atoms. The quantitative estimate of drug-likeness (QED) is 0.516. The highest BCUT2D eigenvalue weighted by atomic mass is 16.6. The van der Waals surface area contributed by atoms with E-state index in [0.717, 1.165) is 12.8 Å². The first-order valence-corrected chi connectivity index (χ1v) is 8.48. The van der Waals surface area contributed by atoms with Gasteiger partial charge in [0.1, 0.15) is 5.54 Å². The molecule has 1 N–H and O–H groups in total. The van der Waals surface area contributed by atoms with Crippen LogP contribution in [0.25, 0.3) is 0 Å². The fraction of sp³-hybridized carbons (Fsp3) is 0.474. The summed E-state index contributed by atoms with van der Waals surface area (Å²) in [5.74, 6) is -0.690. The molecule has 8 heteroatoms. The molecule has 1 aliphatic carbocycles. The van der Waals surface area contributed by atoms with E-state index in [1.54, 1.807) is 13.0 Å². The SMILES string of the molecule is COc1cc(C(C)=O)ccc1OCC(=O)OCC(=O)N[C@@](C)(C#N)C1CC1. The van der Waals surface area contributed by atoms with Crippen molar-refractivity contribution in [2.75, 3.05) is 20.3 Å². The molecular weight excluding hydrogens is 352 g/mol. The number of Topliss-reactive ketones (excluding diaryl/α,β-unsaturated/α-hetero) is 1. The highest BCUT2D eigenvalue weighted by Crippen LogP contribution is 2.39. The van der Waals surface area contributed by atoms with Gasteiger partial charge in [-0.15, -0.1) is 0 Å². The maximum atomic E-state index is 11.9. The van der Waals surface area contributed by atoms with Gasteiger partial charge in [0.25, 0.3) is 5.91 Å². The van der Waals surface area contributed by atoms with Crippen LogP contribution in [0.1, 0.15) is 37.0 Å². The first-order chi connectivity index (χ1) is 12.8. The van der Waals surface area contributed by atoms with Gasteiger partial charge in [0.05, 0.1) is 13.2 Å². The lowest BCUT2D eigenvalue weighted by molar-refractivity contribution is -0.150. The van der Waals surface area contributed by atoms with Gasteiger partial charge in [0.15, 0.2) is 30.5 Å². The molecular formula is C19H22N2O6. The Labute approximate surface area is 157 Å². The summed E-state index contributed by atoms with van der Waals surface area (Å²) >= 11 is 0. The number of hydrogen-bond donors (Lipinski definition) is 1. The van der Waals surface area contributed by atoms with E-state index in [1.165, 1.54) is 26.2 Å². The van der Waals surface area contributed by atoms with Crippen LogP contribution in [0.4, 0.5) is 0 Å². The van der Waals surface area contributed by atoms with Crippen LogP contribution in [0.2, 0.25) is 0 Å². The molecule has 0 saturated heterocycles. The van der Waals surface area contributed by atoms with Gasteiger partial charge >= 0.3 is 5.97 Å². The van der Waals surface area contributed by atoms with Crippen molar-refractivity contribution in [3.8, 4) is 17.6 Å². The molecule has 0 unspecified atom stereocenters. The van der Waals surface area contributed by atoms with Crippen LogP contribution in [-0.4, -0.2) is 43.5 Å². The number of hydrogen-bond acceptors (Lipinski definition) is 7. The zero-order valence-electron chi connectivity index (χ0n) is 15.5. The van der Waals surface area contributed by atoms with Crippen LogP contribution in [0, 0.1) is 17.2 Å². The summed E-state index contributed by atoms with van der Waals surface area (Å²) in [5.41, 5.74) is -0.485. The van der Waals surface area contributed by atoms with Gasteiger partial charge in [-0.3, -0.25) is 9.59 Å². The van der Waals surface area contributed by atoms with Crippen molar-refractivity contribution in [1.82, 2.24) is 5.32 Å². The third-order valence-electron chi connectivity index (χ3n) is 4.31. The molecule has 1 saturated carbocycles. The van der Waals surface area contributed by atoms with E-state index >= 15 is 0 Å². The van der Waals surface area contributed by atoms with E-state index in [2.05, 4.69) is 11.4 Å². The Kier molecular flexibility index (Phi) is 6.40. The standard InChI is InChI=1S/C19H22N2O6/c1-12(22)13-4-7-15(16(8-13)25-3)26-10-18(24)27-9-17(23)21-19(2,11-20)14-5-6-14/h4,7-8,14H,5-6,9-10H2,1-3H3,(H,21,23)/t19-/m0/s1. The minimum absolute atomic E-state index is 0.124. The number of carbonyl (C=O) groups is 3. The van der Waals surface area contributed by atoms with E-state index in [0.29, 0.717) is 11.3 Å². The van der Waals surface area contributed by atoms with Crippen molar-refractivity contribution in [3.63, 3.8) is 0 Å². The lowest BCUT2D eigenvalue weighted by atomic mass is 9.98. The average Bonchev–Trinajstić information content (AvgIpc) is 3.50. The summed E-state index contributed by atoms with van der Waals surface area (Å²) in [6.45, 7) is 2.16. The Morgan fingerprint density at radius 3 is 2.52 bits per heavy atom. The number of nitrogens with one attached hydrogen (secondary N) is 1. The third kappa shape index (κ3) is 5.45. The molecule has 1 aromatic carbocycles. The van der Waals surface area contributed by atoms with Crippen LogP contribution in [0.15, 0.2) is 18.2 Å². The van der Waals surface area contributed by atoms with E-state index in [1.807, 2.05) is 0 Å². The number of carbonyl (C=O) groups excluding carboxylic acids is 3. The van der Waals surface area contributed by atoms with Crippen LogP contribution >= 0.6 is 0 Å². The molecule has 1 aromatic rings. The molecule has 144 valence electrons. The second-order valence-corrected chi connectivity index (χ2v) is 6.51. The molecule has 8 nitrogen and oxygen atoms in total. The smallest absolute Gasteiger partial charge is 0.344 e. The lowest BCUT2D eigenvalue weighted by Crippen LogP contribution is -2.48. The molecule has 1 atom stereocenters. The van der Waals surface area contributed by atoms with Gasteiger partial charge in [0, 0.05) is 5.56 Å². The largest absolute Gasteiger partial charge is 0.493 e. The third-order valence-corrected chi connectivity index (χ3v) is 4.31. The monoisotopic (exact) mass is 374 g/mol. The van der Waals surface area contributed by atoms with Crippen LogP contribution < -0.4 is 14.8 Å². The number of methoxy groups -OCH3 is 1. The molecule has 0 spiro atoms. The van der Waals surface area contributed by atoms with Crippen LogP contribution in [0.3, 0.4) is 0 Å². The maximum absolute atomic E-state index is 11.9. The van der Waals surface area contributed by atoms with Gasteiger partial charge in [-0.05, 0) is 50.8 Å². The molecule has 1 fully saturated rings.